The molecule has 1 aliphatic heterocycles. The van der Waals surface area contributed by atoms with Gasteiger partial charge in [0.25, 0.3) is 0 Å². The number of anilines is 2. The van der Waals surface area contributed by atoms with E-state index in [4.69, 9.17) is 17.2 Å². The highest BCUT2D eigenvalue weighted by atomic mass is 32.1. The molecule has 7 nitrogen and oxygen atoms in total. The molecule has 1 aromatic carbocycles. The molecule has 4 heterocycles. The fourth-order valence-corrected chi connectivity index (χ4v) is 5.50. The van der Waals surface area contributed by atoms with Crippen LogP contribution in [0.1, 0.15) is 59.2 Å². The highest BCUT2D eigenvalue weighted by molar-refractivity contribution is 7.80. The van der Waals surface area contributed by atoms with E-state index in [2.05, 4.69) is 63.2 Å². The topological polar surface area (TPSA) is 75.1 Å². The number of benzene rings is 1. The summed E-state index contributed by atoms with van der Waals surface area (Å²) in [5.74, 6) is 0.877. The quantitative estimate of drug-likeness (QED) is 0.300. The van der Waals surface area contributed by atoms with E-state index in [1.807, 2.05) is 63.5 Å². The van der Waals surface area contributed by atoms with Gasteiger partial charge in [0.2, 0.25) is 5.91 Å². The van der Waals surface area contributed by atoms with Crippen molar-refractivity contribution < 1.29 is 4.79 Å². The SMILES string of the molecule is CCC(=O)Nc1ccc(N2C(=S)N[C@H](c3ccccn3)[C@H]2c2cc(C)n(-c3ccc(C)cn3)c2C)cc1C. The van der Waals surface area contributed by atoms with E-state index < -0.39 is 0 Å². The van der Waals surface area contributed by atoms with Crippen molar-refractivity contribution in [2.24, 2.45) is 0 Å². The number of carbonyl (C=O) groups excluding carboxylic acids is 1. The number of nitrogens with zero attached hydrogens (tertiary/aromatic N) is 4. The molecule has 0 aliphatic carbocycles. The van der Waals surface area contributed by atoms with Crippen LogP contribution < -0.4 is 15.5 Å². The average Bonchev–Trinajstić information content (AvgIpc) is 3.41. The summed E-state index contributed by atoms with van der Waals surface area (Å²) >= 11 is 5.93. The molecule has 4 aromatic rings. The van der Waals surface area contributed by atoms with Crippen LogP contribution in [0.4, 0.5) is 11.4 Å². The molecule has 5 rings (SSSR count). The number of hydrogen-bond acceptors (Lipinski definition) is 4. The van der Waals surface area contributed by atoms with E-state index in [1.165, 1.54) is 0 Å². The Balaban J connectivity index is 1.63. The van der Waals surface area contributed by atoms with Crippen LogP contribution in [0.5, 0.6) is 0 Å². The zero-order valence-corrected chi connectivity index (χ0v) is 23.1. The van der Waals surface area contributed by atoms with Crippen LogP contribution in [-0.2, 0) is 4.79 Å². The fraction of sp³-hybridized carbons (Fsp3) is 0.267. The van der Waals surface area contributed by atoms with E-state index in [0.29, 0.717) is 11.5 Å². The molecule has 8 heteroatoms. The molecular formula is C30H32N6OS. The van der Waals surface area contributed by atoms with Gasteiger partial charge in [0.1, 0.15) is 5.82 Å². The van der Waals surface area contributed by atoms with E-state index in [9.17, 15) is 4.79 Å². The smallest absolute Gasteiger partial charge is 0.224 e. The summed E-state index contributed by atoms with van der Waals surface area (Å²) in [5, 5.41) is 7.16. The van der Waals surface area contributed by atoms with E-state index in [1.54, 1.807) is 0 Å². The van der Waals surface area contributed by atoms with Gasteiger partial charge in [-0.3, -0.25) is 9.78 Å². The molecule has 1 amide bonds. The zero-order chi connectivity index (χ0) is 27.0. The number of amides is 1. The van der Waals surface area contributed by atoms with Crippen molar-refractivity contribution in [2.75, 3.05) is 10.2 Å². The van der Waals surface area contributed by atoms with Gasteiger partial charge in [0.05, 0.1) is 17.8 Å². The number of carbonyl (C=O) groups is 1. The van der Waals surface area contributed by atoms with Crippen molar-refractivity contribution in [3.05, 3.63) is 101 Å². The third-order valence-corrected chi connectivity index (χ3v) is 7.41. The lowest BCUT2D eigenvalue weighted by molar-refractivity contribution is -0.115. The number of aromatic nitrogens is 3. The number of rotatable bonds is 6. The Labute approximate surface area is 228 Å². The van der Waals surface area contributed by atoms with E-state index >= 15 is 0 Å². The minimum Gasteiger partial charge on any atom is -0.351 e. The first-order valence-electron chi connectivity index (χ1n) is 12.8. The number of pyridine rings is 2. The maximum absolute atomic E-state index is 12.0. The second kappa shape index (κ2) is 10.4. The molecule has 0 bridgehead atoms. The molecule has 2 atom stereocenters. The van der Waals surface area contributed by atoms with Crippen molar-refractivity contribution in [2.45, 2.75) is 53.1 Å². The molecule has 0 radical (unpaired) electrons. The third kappa shape index (κ3) is 4.67. The Morgan fingerprint density at radius 1 is 1.05 bits per heavy atom. The number of nitrogens with one attached hydrogen (secondary N) is 2. The molecule has 194 valence electrons. The van der Waals surface area contributed by atoms with Crippen LogP contribution >= 0.6 is 12.2 Å². The van der Waals surface area contributed by atoms with Crippen LogP contribution in [0.15, 0.2) is 67.0 Å². The molecule has 0 saturated carbocycles. The Hall–Kier alpha value is -4.04. The number of aryl methyl sites for hydroxylation is 3. The van der Waals surface area contributed by atoms with Gasteiger partial charge in [-0.25, -0.2) is 4.98 Å². The summed E-state index contributed by atoms with van der Waals surface area (Å²) < 4.78 is 2.19. The Kier molecular flexibility index (Phi) is 6.99. The van der Waals surface area contributed by atoms with Crippen LogP contribution in [0.3, 0.4) is 0 Å². The van der Waals surface area contributed by atoms with Gasteiger partial charge in [0, 0.05) is 41.6 Å². The predicted octanol–water partition coefficient (Wildman–Crippen LogP) is 6.03. The molecule has 2 N–H and O–H groups in total. The van der Waals surface area contributed by atoms with E-state index in [0.717, 1.165) is 51.0 Å². The predicted molar refractivity (Wildman–Crippen MR) is 156 cm³/mol. The van der Waals surface area contributed by atoms with Crippen LogP contribution in [-0.4, -0.2) is 25.6 Å². The minimum absolute atomic E-state index is 0.00976. The third-order valence-electron chi connectivity index (χ3n) is 7.10. The highest BCUT2D eigenvalue weighted by Crippen LogP contribution is 2.44. The summed E-state index contributed by atoms with van der Waals surface area (Å²) in [6.45, 7) is 10.1. The lowest BCUT2D eigenvalue weighted by Gasteiger charge is -2.29. The molecule has 0 unspecified atom stereocenters. The molecule has 1 saturated heterocycles. The van der Waals surface area contributed by atoms with Crippen molar-refractivity contribution in [3.8, 4) is 5.82 Å². The van der Waals surface area contributed by atoms with Crippen molar-refractivity contribution in [1.29, 1.82) is 0 Å². The van der Waals surface area contributed by atoms with Gasteiger partial charge in [-0.2, -0.15) is 0 Å². The van der Waals surface area contributed by atoms with Gasteiger partial charge in [-0.15, -0.1) is 0 Å². The average molecular weight is 525 g/mol. The lowest BCUT2D eigenvalue weighted by Crippen LogP contribution is -2.29. The molecule has 38 heavy (non-hydrogen) atoms. The summed E-state index contributed by atoms with van der Waals surface area (Å²) in [6.07, 6.45) is 4.14. The fourth-order valence-electron chi connectivity index (χ4n) is 5.16. The van der Waals surface area contributed by atoms with Crippen LogP contribution in [0.2, 0.25) is 0 Å². The monoisotopic (exact) mass is 524 g/mol. The van der Waals surface area contributed by atoms with Crippen LogP contribution in [0.25, 0.3) is 5.82 Å². The van der Waals surface area contributed by atoms with Crippen LogP contribution in [0, 0.1) is 27.7 Å². The summed E-state index contributed by atoms with van der Waals surface area (Å²) in [7, 11) is 0. The minimum atomic E-state index is -0.150. The first-order valence-corrected chi connectivity index (χ1v) is 13.2. The molecule has 1 aliphatic rings. The number of hydrogen-bond donors (Lipinski definition) is 2. The molecule has 1 fully saturated rings. The Morgan fingerprint density at radius 2 is 1.87 bits per heavy atom. The molecular weight excluding hydrogens is 492 g/mol. The Bertz CT molecular complexity index is 1500. The summed E-state index contributed by atoms with van der Waals surface area (Å²) in [6, 6.07) is 18.1. The van der Waals surface area contributed by atoms with Crippen molar-refractivity contribution >= 4 is 34.6 Å². The largest absolute Gasteiger partial charge is 0.351 e. The van der Waals surface area contributed by atoms with Crippen molar-refractivity contribution in [1.82, 2.24) is 19.9 Å². The zero-order valence-electron chi connectivity index (χ0n) is 22.3. The maximum atomic E-state index is 12.0. The van der Waals surface area contributed by atoms with E-state index in [-0.39, 0.29) is 18.0 Å². The molecule has 0 spiro atoms. The normalized spacial score (nSPS) is 17.0. The van der Waals surface area contributed by atoms with Crippen molar-refractivity contribution in [3.63, 3.8) is 0 Å². The van der Waals surface area contributed by atoms with Gasteiger partial charge in [-0.1, -0.05) is 19.1 Å². The van der Waals surface area contributed by atoms with Gasteiger partial charge in [0.15, 0.2) is 5.11 Å². The second-order valence-electron chi connectivity index (χ2n) is 9.75. The van der Waals surface area contributed by atoms with Gasteiger partial charge >= 0.3 is 0 Å². The lowest BCUT2D eigenvalue weighted by atomic mass is 9.96. The summed E-state index contributed by atoms with van der Waals surface area (Å²) in [4.78, 5) is 23.5. The summed E-state index contributed by atoms with van der Waals surface area (Å²) in [5.41, 5.74) is 8.12. The standard InChI is InChI=1S/C30H32N6OS/c1-6-27(37)33-24-12-11-22(15-19(24)3)36-29(28(34-30(36)38)25-9-7-8-14-31-25)23-16-20(4)35(21(23)5)26-13-10-18(2)17-32-26/h7-17,28-29H,6H2,1-5H3,(H,33,37)(H,34,38)/t28-,29-/m1/s1. The highest BCUT2D eigenvalue weighted by Gasteiger charge is 2.42. The van der Waals surface area contributed by atoms with Gasteiger partial charge in [-0.05, 0) is 99.1 Å². The maximum Gasteiger partial charge on any atom is 0.224 e. The Morgan fingerprint density at radius 3 is 2.53 bits per heavy atom. The van der Waals surface area contributed by atoms with Gasteiger partial charge < -0.3 is 20.1 Å². The second-order valence-corrected chi connectivity index (χ2v) is 10.1. The number of thiocarbonyl (C=S) groups is 1. The first kappa shape index (κ1) is 25.6. The molecule has 3 aromatic heterocycles. The first-order chi connectivity index (χ1) is 18.3.